The number of carbonyl (C=O) groups excluding carboxylic acids is 1. The van der Waals surface area contributed by atoms with Crippen LogP contribution < -0.4 is 0 Å². The van der Waals surface area contributed by atoms with Crippen LogP contribution in [0.15, 0.2) is 50.7 Å². The van der Waals surface area contributed by atoms with Crippen LogP contribution in [0.4, 0.5) is 0 Å². The average Bonchev–Trinajstić information content (AvgIpc) is 3.22. The van der Waals surface area contributed by atoms with Crippen LogP contribution in [0, 0.1) is 0 Å². The first-order valence-corrected chi connectivity index (χ1v) is 9.97. The molecule has 1 amide bonds. The zero-order valence-electron chi connectivity index (χ0n) is 15.0. The Labute approximate surface area is 167 Å². The highest BCUT2D eigenvalue weighted by Gasteiger charge is 2.31. The average molecular weight is 403 g/mol. The first-order chi connectivity index (χ1) is 13.0. The van der Waals surface area contributed by atoms with Crippen molar-refractivity contribution in [2.75, 3.05) is 13.1 Å². The van der Waals surface area contributed by atoms with Crippen LogP contribution in [-0.2, 0) is 9.53 Å². The lowest BCUT2D eigenvalue weighted by Crippen LogP contribution is -2.47. The van der Waals surface area contributed by atoms with Gasteiger partial charge in [-0.3, -0.25) is 4.79 Å². The lowest BCUT2D eigenvalue weighted by molar-refractivity contribution is -0.113. The topological polar surface area (TPSA) is 55.0 Å². The number of aliphatic imine (C=N–C) groups is 1. The van der Waals surface area contributed by atoms with Crippen molar-refractivity contribution in [3.8, 4) is 11.3 Å². The number of amides is 1. The Bertz CT molecular complexity index is 927. The highest BCUT2D eigenvalue weighted by molar-refractivity contribution is 8.18. The number of rotatable bonds is 2. The van der Waals surface area contributed by atoms with Gasteiger partial charge < -0.3 is 14.1 Å². The van der Waals surface area contributed by atoms with Gasteiger partial charge in [0.05, 0.1) is 22.1 Å². The van der Waals surface area contributed by atoms with E-state index in [4.69, 9.17) is 20.8 Å². The van der Waals surface area contributed by atoms with Gasteiger partial charge in [-0.2, -0.15) is 4.99 Å². The van der Waals surface area contributed by atoms with Crippen molar-refractivity contribution >= 4 is 40.5 Å². The second-order valence-electron chi connectivity index (χ2n) is 6.65. The number of amidine groups is 1. The van der Waals surface area contributed by atoms with Crippen molar-refractivity contribution in [3.05, 3.63) is 52.1 Å². The molecular formula is C20H19ClN2O3S. The maximum atomic E-state index is 12.3. The van der Waals surface area contributed by atoms with E-state index >= 15 is 0 Å². The van der Waals surface area contributed by atoms with Gasteiger partial charge in [-0.15, -0.1) is 0 Å². The minimum absolute atomic E-state index is 0.114. The van der Waals surface area contributed by atoms with Gasteiger partial charge >= 0.3 is 0 Å². The van der Waals surface area contributed by atoms with Crippen LogP contribution >= 0.6 is 23.4 Å². The van der Waals surface area contributed by atoms with E-state index < -0.39 is 0 Å². The molecule has 0 saturated carbocycles. The van der Waals surface area contributed by atoms with Crippen LogP contribution in [0.2, 0.25) is 5.02 Å². The number of halogens is 1. The van der Waals surface area contributed by atoms with Gasteiger partial charge in [0.2, 0.25) is 0 Å². The summed E-state index contributed by atoms with van der Waals surface area (Å²) >= 11 is 7.60. The molecule has 7 heteroatoms. The van der Waals surface area contributed by atoms with Crippen molar-refractivity contribution in [1.82, 2.24) is 4.90 Å². The maximum absolute atomic E-state index is 12.3. The van der Waals surface area contributed by atoms with E-state index in [-0.39, 0.29) is 18.1 Å². The van der Waals surface area contributed by atoms with E-state index in [1.165, 1.54) is 11.8 Å². The fourth-order valence-corrected chi connectivity index (χ4v) is 4.37. The predicted octanol–water partition coefficient (Wildman–Crippen LogP) is 4.68. The highest BCUT2D eigenvalue weighted by atomic mass is 35.5. The maximum Gasteiger partial charge on any atom is 0.286 e. The molecule has 0 unspecified atom stereocenters. The number of thioether (sulfide) groups is 1. The summed E-state index contributed by atoms with van der Waals surface area (Å²) in [5, 5.41) is 1.35. The molecule has 0 aliphatic carbocycles. The molecule has 1 aromatic heterocycles. The first kappa shape index (κ1) is 18.3. The summed E-state index contributed by atoms with van der Waals surface area (Å²) in [5.74, 6) is 1.03. The second-order valence-corrected chi connectivity index (χ2v) is 8.07. The van der Waals surface area contributed by atoms with Crippen LogP contribution in [0.1, 0.15) is 19.6 Å². The molecule has 0 spiro atoms. The summed E-state index contributed by atoms with van der Waals surface area (Å²) < 4.78 is 11.6. The number of furan rings is 1. The molecule has 3 heterocycles. The third-order valence-electron chi connectivity index (χ3n) is 4.34. The minimum Gasteiger partial charge on any atom is -0.457 e. The molecule has 0 bridgehead atoms. The van der Waals surface area contributed by atoms with E-state index in [1.54, 1.807) is 6.08 Å². The Kier molecular flexibility index (Phi) is 5.12. The molecule has 0 radical (unpaired) electrons. The number of hydrogen-bond donors (Lipinski definition) is 0. The number of carbonyl (C=O) groups is 1. The Hall–Kier alpha value is -2.02. The van der Waals surface area contributed by atoms with Crippen molar-refractivity contribution in [1.29, 1.82) is 0 Å². The van der Waals surface area contributed by atoms with E-state index in [2.05, 4.69) is 9.89 Å². The van der Waals surface area contributed by atoms with Gasteiger partial charge in [0.25, 0.3) is 5.91 Å². The monoisotopic (exact) mass is 402 g/mol. The number of morpholine rings is 1. The summed E-state index contributed by atoms with van der Waals surface area (Å²) in [7, 11) is 0. The molecule has 2 aliphatic heterocycles. The highest BCUT2D eigenvalue weighted by Crippen LogP contribution is 2.34. The molecule has 1 aromatic carbocycles. The van der Waals surface area contributed by atoms with Gasteiger partial charge in [-0.05, 0) is 49.9 Å². The third kappa shape index (κ3) is 3.98. The molecule has 0 N–H and O–H groups in total. The number of nitrogens with zero attached hydrogens (tertiary/aromatic N) is 2. The van der Waals surface area contributed by atoms with E-state index in [9.17, 15) is 4.79 Å². The zero-order chi connectivity index (χ0) is 19.0. The van der Waals surface area contributed by atoms with Gasteiger partial charge in [-0.1, -0.05) is 23.7 Å². The lowest BCUT2D eigenvalue weighted by Gasteiger charge is -2.35. The smallest absolute Gasteiger partial charge is 0.286 e. The molecule has 2 atom stereocenters. The number of hydrogen-bond acceptors (Lipinski definition) is 5. The van der Waals surface area contributed by atoms with Gasteiger partial charge in [-0.25, -0.2) is 0 Å². The molecule has 1 saturated heterocycles. The minimum atomic E-state index is -0.238. The zero-order valence-corrected chi connectivity index (χ0v) is 16.6. The van der Waals surface area contributed by atoms with Crippen molar-refractivity contribution in [3.63, 3.8) is 0 Å². The van der Waals surface area contributed by atoms with Crippen molar-refractivity contribution in [2.24, 2.45) is 4.99 Å². The fraction of sp³-hybridized carbons (Fsp3) is 0.300. The van der Waals surface area contributed by atoms with Crippen LogP contribution in [0.25, 0.3) is 17.4 Å². The third-order valence-corrected chi connectivity index (χ3v) is 5.71. The van der Waals surface area contributed by atoms with Crippen LogP contribution in [-0.4, -0.2) is 41.3 Å². The van der Waals surface area contributed by atoms with Crippen LogP contribution in [0.5, 0.6) is 0 Å². The van der Waals surface area contributed by atoms with Crippen molar-refractivity contribution in [2.45, 2.75) is 26.1 Å². The van der Waals surface area contributed by atoms with Gasteiger partial charge in [0.15, 0.2) is 5.17 Å². The normalized spacial score (nSPS) is 24.6. The molecule has 2 aromatic rings. The van der Waals surface area contributed by atoms with Crippen LogP contribution in [0.3, 0.4) is 0 Å². The molecule has 2 aliphatic rings. The molecule has 1 fully saturated rings. The molecule has 27 heavy (non-hydrogen) atoms. The first-order valence-electron chi connectivity index (χ1n) is 8.77. The summed E-state index contributed by atoms with van der Waals surface area (Å²) in [6, 6.07) is 11.2. The Morgan fingerprint density at radius 2 is 1.93 bits per heavy atom. The van der Waals surface area contributed by atoms with E-state index in [0.717, 1.165) is 23.8 Å². The summed E-state index contributed by atoms with van der Waals surface area (Å²) in [4.78, 5) is 19.2. The number of ether oxygens (including phenoxy) is 1. The predicted molar refractivity (Wildman–Crippen MR) is 109 cm³/mol. The molecule has 4 rings (SSSR count). The Morgan fingerprint density at radius 1 is 1.19 bits per heavy atom. The van der Waals surface area contributed by atoms with Gasteiger partial charge in [0, 0.05) is 24.7 Å². The fourth-order valence-electron chi connectivity index (χ4n) is 3.23. The van der Waals surface area contributed by atoms with Crippen molar-refractivity contribution < 1.29 is 13.9 Å². The van der Waals surface area contributed by atoms with Gasteiger partial charge in [0.1, 0.15) is 11.5 Å². The summed E-state index contributed by atoms with van der Waals surface area (Å²) in [6.45, 7) is 5.52. The standard InChI is InChI=1S/C20H19ClN2O3S/c1-12-10-23(11-13(2)25-12)20-22-19(24)18(27-20)9-14-7-8-17(26-14)15-5-3-4-6-16(15)21/h3-9,12-13H,10-11H2,1-2H3/b18-9+/t12-,13+. The lowest BCUT2D eigenvalue weighted by atomic mass is 10.2. The van der Waals surface area contributed by atoms with E-state index in [0.29, 0.717) is 21.4 Å². The molecule has 5 nitrogen and oxygen atoms in total. The quantitative estimate of drug-likeness (QED) is 0.682. The SMILES string of the molecule is C[C@@H]1CN(C2=NC(=O)/C(=C\c3ccc(-c4ccccc4Cl)o3)S2)C[C@H](C)O1. The Balaban J connectivity index is 1.51. The molecule has 140 valence electrons. The second kappa shape index (κ2) is 7.54. The van der Waals surface area contributed by atoms with E-state index in [1.807, 2.05) is 50.2 Å². The number of benzene rings is 1. The largest absolute Gasteiger partial charge is 0.457 e. The Morgan fingerprint density at radius 3 is 2.67 bits per heavy atom. The summed E-state index contributed by atoms with van der Waals surface area (Å²) in [5.41, 5.74) is 0.822. The summed E-state index contributed by atoms with van der Waals surface area (Å²) in [6.07, 6.45) is 1.96. The molecular weight excluding hydrogens is 384 g/mol.